The molecule has 2 heterocycles. The highest BCUT2D eigenvalue weighted by Crippen LogP contribution is 2.35. The summed E-state index contributed by atoms with van der Waals surface area (Å²) in [5.41, 5.74) is 2.41. The Kier molecular flexibility index (Phi) is 10.6. The van der Waals surface area contributed by atoms with Gasteiger partial charge in [0.15, 0.2) is 27.8 Å². The van der Waals surface area contributed by atoms with Crippen molar-refractivity contribution in [3.8, 4) is 23.0 Å². The van der Waals surface area contributed by atoms with Gasteiger partial charge in [-0.2, -0.15) is 0 Å². The number of esters is 1. The summed E-state index contributed by atoms with van der Waals surface area (Å²) < 4.78 is 31.7. The summed E-state index contributed by atoms with van der Waals surface area (Å²) in [4.78, 5) is 31.8. The Morgan fingerprint density at radius 3 is 2.22 bits per heavy atom. The number of methoxy groups -OCH3 is 1. The molecule has 1 aliphatic rings. The maximum atomic E-state index is 14.0. The Balaban J connectivity index is 1.54. The summed E-state index contributed by atoms with van der Waals surface area (Å²) in [5, 5.41) is 0. The van der Waals surface area contributed by atoms with Crippen LogP contribution >= 0.6 is 33.9 Å². The van der Waals surface area contributed by atoms with Gasteiger partial charge in [-0.15, -0.1) is 0 Å². The highest BCUT2D eigenvalue weighted by atomic mass is 127. The Morgan fingerprint density at radius 1 is 0.889 bits per heavy atom. The van der Waals surface area contributed by atoms with E-state index in [2.05, 4.69) is 27.6 Å². The van der Waals surface area contributed by atoms with E-state index in [1.54, 1.807) is 18.2 Å². The van der Waals surface area contributed by atoms with E-state index < -0.39 is 12.0 Å². The molecule has 0 aliphatic carbocycles. The third kappa shape index (κ3) is 7.25. The van der Waals surface area contributed by atoms with Crippen LogP contribution < -0.4 is 33.8 Å². The van der Waals surface area contributed by atoms with Crippen molar-refractivity contribution in [2.45, 2.75) is 33.4 Å². The zero-order valence-corrected chi connectivity index (χ0v) is 28.3. The molecule has 0 N–H and O–H groups in total. The number of ether oxygens (including phenoxy) is 5. The average Bonchev–Trinajstić information content (AvgIpc) is 3.36. The molecule has 0 radical (unpaired) electrons. The topological polar surface area (TPSA) is 97.6 Å². The van der Waals surface area contributed by atoms with Crippen molar-refractivity contribution in [1.82, 2.24) is 4.57 Å². The summed E-state index contributed by atoms with van der Waals surface area (Å²) in [6.07, 6.45) is 3.26. The van der Waals surface area contributed by atoms with E-state index in [9.17, 15) is 9.59 Å². The second kappa shape index (κ2) is 14.8. The predicted molar refractivity (Wildman–Crippen MR) is 181 cm³/mol. The second-order valence-corrected chi connectivity index (χ2v) is 12.1. The van der Waals surface area contributed by atoms with Crippen LogP contribution in [0.2, 0.25) is 0 Å². The molecule has 4 aromatic rings. The molecular formula is C34H33IN2O7S. The molecule has 0 bridgehead atoms. The zero-order chi connectivity index (χ0) is 31.9. The van der Waals surface area contributed by atoms with Crippen LogP contribution in [0.15, 0.2) is 82.2 Å². The van der Waals surface area contributed by atoms with Crippen LogP contribution in [0, 0.1) is 3.57 Å². The first-order valence-corrected chi connectivity index (χ1v) is 16.4. The molecule has 0 unspecified atom stereocenters. The van der Waals surface area contributed by atoms with Gasteiger partial charge < -0.3 is 23.7 Å². The largest absolute Gasteiger partial charge is 0.490 e. The molecule has 9 nitrogen and oxygen atoms in total. The third-order valence-corrected chi connectivity index (χ3v) is 8.60. The molecule has 5 rings (SSSR count). The Bertz CT molecular complexity index is 1900. The van der Waals surface area contributed by atoms with Gasteiger partial charge in [0.25, 0.3) is 5.56 Å². The highest BCUT2D eigenvalue weighted by Gasteiger charge is 2.31. The zero-order valence-electron chi connectivity index (χ0n) is 25.4. The lowest BCUT2D eigenvalue weighted by atomic mass is 9.97. The van der Waals surface area contributed by atoms with E-state index in [-0.39, 0.29) is 11.1 Å². The number of hydrogen-bond acceptors (Lipinski definition) is 9. The highest BCUT2D eigenvalue weighted by molar-refractivity contribution is 14.1. The molecular weight excluding hydrogens is 707 g/mol. The number of thiazole rings is 1. The predicted octanol–water partition coefficient (Wildman–Crippen LogP) is 5.40. The van der Waals surface area contributed by atoms with Crippen LogP contribution in [-0.4, -0.2) is 37.5 Å². The van der Waals surface area contributed by atoms with Crippen LogP contribution in [0.5, 0.6) is 23.0 Å². The van der Waals surface area contributed by atoms with Crippen molar-refractivity contribution in [3.63, 3.8) is 0 Å². The van der Waals surface area contributed by atoms with E-state index in [1.165, 1.54) is 29.2 Å². The normalized spacial score (nSPS) is 14.2. The van der Waals surface area contributed by atoms with Crippen LogP contribution in [0.3, 0.4) is 0 Å². The Morgan fingerprint density at radius 2 is 1.53 bits per heavy atom. The quantitative estimate of drug-likeness (QED) is 0.142. The first-order chi connectivity index (χ1) is 21.9. The van der Waals surface area contributed by atoms with Crippen molar-refractivity contribution in [3.05, 3.63) is 112 Å². The summed E-state index contributed by atoms with van der Waals surface area (Å²) >= 11 is 3.51. The molecule has 0 saturated carbocycles. The number of carbonyl (C=O) groups excluding carboxylic acids is 1. The number of aromatic nitrogens is 1. The SMILES string of the molecule is CCOc1ccc([C@H]2C(C(=O)OC)=CN=c3s/c(=C\c4ccc(OCc5ccc(I)cc5)c(OCC)c4)c(=O)n32)cc1OCC. The molecule has 0 fully saturated rings. The standard InChI is InChI=1S/C34H33IN2O7S/c1-5-41-26-15-11-23(18-29(26)43-7-3)31-25(33(39)40-4)19-36-34-37(31)32(38)30(45-34)17-22-10-14-27(28(16-22)42-6-2)44-20-21-8-12-24(35)13-9-21/h8-19,31H,5-7,20H2,1-4H3/b30-17-/t31-/m0/s1. The first-order valence-electron chi connectivity index (χ1n) is 14.5. The first kappa shape index (κ1) is 32.3. The lowest BCUT2D eigenvalue weighted by Crippen LogP contribution is -2.39. The fraction of sp³-hybridized carbons (Fsp3) is 0.265. The Hall–Kier alpha value is -4.10. The fourth-order valence-corrected chi connectivity index (χ4v) is 6.21. The van der Waals surface area contributed by atoms with Crippen molar-refractivity contribution >= 4 is 46.0 Å². The van der Waals surface area contributed by atoms with Crippen molar-refractivity contribution in [2.24, 2.45) is 4.99 Å². The molecule has 11 heteroatoms. The number of nitrogens with zero attached hydrogens (tertiary/aromatic N) is 2. The minimum absolute atomic E-state index is 0.233. The van der Waals surface area contributed by atoms with Crippen molar-refractivity contribution in [1.29, 1.82) is 0 Å². The van der Waals surface area contributed by atoms with Crippen LogP contribution in [-0.2, 0) is 16.1 Å². The minimum atomic E-state index is -0.776. The average molecular weight is 741 g/mol. The van der Waals surface area contributed by atoms with Gasteiger partial charge in [0.1, 0.15) is 6.61 Å². The van der Waals surface area contributed by atoms with Gasteiger partial charge in [0, 0.05) is 9.77 Å². The molecule has 45 heavy (non-hydrogen) atoms. The summed E-state index contributed by atoms with van der Waals surface area (Å²) in [6, 6.07) is 18.3. The second-order valence-electron chi connectivity index (χ2n) is 9.80. The summed E-state index contributed by atoms with van der Waals surface area (Å²) in [5.74, 6) is 1.71. The molecule has 0 saturated heterocycles. The summed E-state index contributed by atoms with van der Waals surface area (Å²) in [7, 11) is 1.30. The minimum Gasteiger partial charge on any atom is -0.490 e. The number of halogens is 1. The maximum absolute atomic E-state index is 14.0. The van der Waals surface area contributed by atoms with Gasteiger partial charge in [0.2, 0.25) is 0 Å². The van der Waals surface area contributed by atoms with Gasteiger partial charge in [0.05, 0.1) is 43.1 Å². The molecule has 3 aromatic carbocycles. The molecule has 1 aliphatic heterocycles. The Labute approximate surface area is 278 Å². The lowest BCUT2D eigenvalue weighted by Gasteiger charge is -2.23. The van der Waals surface area contributed by atoms with Gasteiger partial charge >= 0.3 is 5.97 Å². The number of carbonyl (C=O) groups is 1. The van der Waals surface area contributed by atoms with E-state index in [4.69, 9.17) is 23.7 Å². The molecule has 234 valence electrons. The number of benzene rings is 3. The third-order valence-electron chi connectivity index (χ3n) is 6.88. The maximum Gasteiger partial charge on any atom is 0.337 e. The number of fused-ring (bicyclic) bond motifs is 1. The fourth-order valence-electron chi connectivity index (χ4n) is 4.88. The van der Waals surface area contributed by atoms with E-state index in [1.807, 2.05) is 69.3 Å². The number of hydrogen-bond donors (Lipinski definition) is 0. The molecule has 1 aromatic heterocycles. The molecule has 0 spiro atoms. The van der Waals surface area contributed by atoms with Crippen molar-refractivity contribution in [2.75, 3.05) is 26.9 Å². The summed E-state index contributed by atoms with van der Waals surface area (Å²) in [6.45, 7) is 7.41. The van der Waals surface area contributed by atoms with Crippen LogP contribution in [0.4, 0.5) is 0 Å². The molecule has 0 amide bonds. The van der Waals surface area contributed by atoms with Crippen LogP contribution in [0.25, 0.3) is 6.08 Å². The van der Waals surface area contributed by atoms with Crippen molar-refractivity contribution < 1.29 is 28.5 Å². The number of rotatable bonds is 12. The van der Waals surface area contributed by atoms with E-state index in [0.29, 0.717) is 64.3 Å². The van der Waals surface area contributed by atoms with E-state index in [0.717, 1.165) is 14.7 Å². The van der Waals surface area contributed by atoms with Gasteiger partial charge in [-0.3, -0.25) is 9.36 Å². The monoisotopic (exact) mass is 740 g/mol. The van der Waals surface area contributed by atoms with Gasteiger partial charge in [-0.05, 0) is 103 Å². The van der Waals surface area contributed by atoms with Gasteiger partial charge in [-0.1, -0.05) is 35.6 Å². The lowest BCUT2D eigenvalue weighted by molar-refractivity contribution is -0.136. The van der Waals surface area contributed by atoms with Crippen LogP contribution in [0.1, 0.15) is 43.5 Å². The van der Waals surface area contributed by atoms with Gasteiger partial charge in [-0.25, -0.2) is 9.79 Å². The van der Waals surface area contributed by atoms with E-state index >= 15 is 0 Å². The molecule has 1 atom stereocenters. The smallest absolute Gasteiger partial charge is 0.337 e.